The third-order valence-corrected chi connectivity index (χ3v) is 0.595. The van der Waals surface area contributed by atoms with Crippen molar-refractivity contribution in [2.75, 3.05) is 7.11 Å². The van der Waals surface area contributed by atoms with E-state index in [9.17, 15) is 0 Å². The lowest BCUT2D eigenvalue weighted by Gasteiger charge is -1.83. The summed E-state index contributed by atoms with van der Waals surface area (Å²) in [5.41, 5.74) is 0. The zero-order chi connectivity index (χ0) is 5.54. The minimum absolute atomic E-state index is 0.847. The number of hydrogen-bond donors (Lipinski definition) is 0. The fraction of sp³-hybridized carbons (Fsp3) is 0.500. The van der Waals surface area contributed by atoms with E-state index in [1.807, 2.05) is 6.08 Å². The first-order valence-corrected chi connectivity index (χ1v) is 2.28. The third kappa shape index (κ3) is 5.41. The number of unbranched alkanes of at least 4 members (excludes halogenated alkanes) is 1. The van der Waals surface area contributed by atoms with Gasteiger partial charge in [-0.3, -0.25) is 0 Å². The Morgan fingerprint density at radius 3 is 3.00 bits per heavy atom. The van der Waals surface area contributed by atoms with Gasteiger partial charge >= 0.3 is 0 Å². The third-order valence-electron chi connectivity index (χ3n) is 0.595. The molecule has 0 bridgehead atoms. The Bertz CT molecular complexity index is 64.6. The summed E-state index contributed by atoms with van der Waals surface area (Å²) in [6.45, 7) is 3.54. The van der Waals surface area contributed by atoms with Gasteiger partial charge in [-0.15, -0.1) is 6.58 Å². The molecule has 0 amide bonds. The standard InChI is InChI=1S/C6H10O/c1-3-4-5-6-7-2/h3H,1,4-5H2,2H3. The number of rotatable bonds is 3. The maximum absolute atomic E-state index is 4.55. The molecular formula is C6H10O. The molecule has 0 fully saturated rings. The van der Waals surface area contributed by atoms with Crippen LogP contribution in [0.1, 0.15) is 12.8 Å². The van der Waals surface area contributed by atoms with Crippen LogP contribution in [0.15, 0.2) is 12.7 Å². The summed E-state index contributed by atoms with van der Waals surface area (Å²) in [6, 6.07) is 0. The van der Waals surface area contributed by atoms with Crippen molar-refractivity contribution in [1.82, 2.24) is 0 Å². The highest BCUT2D eigenvalue weighted by molar-refractivity contribution is 5.51. The van der Waals surface area contributed by atoms with E-state index in [0.717, 1.165) is 12.8 Å². The first-order valence-electron chi connectivity index (χ1n) is 2.28. The minimum Gasteiger partial charge on any atom is -0.459 e. The van der Waals surface area contributed by atoms with Gasteiger partial charge in [-0.25, -0.2) is 0 Å². The Hall–Kier alpha value is -0.590. The average Bonchev–Trinajstić information content (AvgIpc) is 1.69. The zero-order valence-electron chi connectivity index (χ0n) is 4.61. The Morgan fingerprint density at radius 1 is 1.86 bits per heavy atom. The van der Waals surface area contributed by atoms with Gasteiger partial charge in [-0.05, 0) is 6.29 Å². The summed E-state index contributed by atoms with van der Waals surface area (Å²) < 4.78 is 4.55. The van der Waals surface area contributed by atoms with E-state index in [1.165, 1.54) is 0 Å². The van der Waals surface area contributed by atoms with E-state index in [2.05, 4.69) is 17.3 Å². The zero-order valence-corrected chi connectivity index (χ0v) is 4.61. The SMILES string of the molecule is C=CCC[C-]=[O+]C. The molecule has 0 aromatic carbocycles. The van der Waals surface area contributed by atoms with Crippen molar-refractivity contribution >= 4 is 6.29 Å². The fourth-order valence-electron chi connectivity index (χ4n) is 0.263. The van der Waals surface area contributed by atoms with Crippen LogP contribution in [0.4, 0.5) is 0 Å². The number of hydrogen-bond acceptors (Lipinski definition) is 0. The summed E-state index contributed by atoms with van der Waals surface area (Å²) in [7, 11) is 1.60. The summed E-state index contributed by atoms with van der Waals surface area (Å²) in [5.74, 6) is 0. The molecule has 7 heavy (non-hydrogen) atoms. The lowest BCUT2D eigenvalue weighted by Crippen LogP contribution is -1.73. The second kappa shape index (κ2) is 5.41. The normalized spacial score (nSPS) is 9.86. The average molecular weight is 98.1 g/mol. The Balaban J connectivity index is 2.82. The predicted octanol–water partition coefficient (Wildman–Crippen LogP) is 1.23. The molecule has 0 N–H and O–H groups in total. The molecular weight excluding hydrogens is 88.1 g/mol. The first kappa shape index (κ1) is 6.41. The Morgan fingerprint density at radius 2 is 2.57 bits per heavy atom. The van der Waals surface area contributed by atoms with Gasteiger partial charge in [0.05, 0.1) is 0 Å². The molecule has 0 radical (unpaired) electrons. The van der Waals surface area contributed by atoms with Crippen molar-refractivity contribution in [1.29, 1.82) is 0 Å². The number of carbonyl (C=O) groups excluding carboxylic acids is 1. The highest BCUT2D eigenvalue weighted by atomic mass is 16.4. The quantitative estimate of drug-likeness (QED) is 0.218. The van der Waals surface area contributed by atoms with Crippen molar-refractivity contribution in [2.24, 2.45) is 0 Å². The molecule has 1 heteroatoms. The van der Waals surface area contributed by atoms with Crippen molar-refractivity contribution in [3.05, 3.63) is 12.7 Å². The van der Waals surface area contributed by atoms with Crippen molar-refractivity contribution in [2.45, 2.75) is 12.8 Å². The van der Waals surface area contributed by atoms with Crippen LogP contribution in [0, 0.1) is 0 Å². The lowest BCUT2D eigenvalue weighted by atomic mass is 10.3. The van der Waals surface area contributed by atoms with E-state index in [-0.39, 0.29) is 0 Å². The van der Waals surface area contributed by atoms with E-state index < -0.39 is 0 Å². The Kier molecular flexibility index (Phi) is 4.95. The molecule has 0 aliphatic heterocycles. The van der Waals surface area contributed by atoms with Gasteiger partial charge in [0.25, 0.3) is 0 Å². The van der Waals surface area contributed by atoms with Crippen molar-refractivity contribution in [3.63, 3.8) is 0 Å². The van der Waals surface area contributed by atoms with Gasteiger partial charge in [0.15, 0.2) is 0 Å². The topological polar surface area (TPSA) is 11.3 Å². The summed E-state index contributed by atoms with van der Waals surface area (Å²) in [6.07, 6.45) is 6.32. The maximum atomic E-state index is 4.55. The highest BCUT2D eigenvalue weighted by Gasteiger charge is 1.65. The van der Waals surface area contributed by atoms with Crippen LogP contribution >= 0.6 is 0 Å². The Labute approximate surface area is 44.4 Å². The predicted molar refractivity (Wildman–Crippen MR) is 31.0 cm³/mol. The van der Waals surface area contributed by atoms with Gasteiger partial charge < -0.3 is 4.42 Å². The van der Waals surface area contributed by atoms with E-state index in [0.29, 0.717) is 0 Å². The van der Waals surface area contributed by atoms with Crippen LogP contribution in [-0.4, -0.2) is 13.4 Å². The molecule has 0 heterocycles. The van der Waals surface area contributed by atoms with E-state index in [4.69, 9.17) is 0 Å². The largest absolute Gasteiger partial charge is 0.459 e. The molecule has 0 unspecified atom stereocenters. The molecule has 0 aromatic rings. The molecule has 0 rings (SSSR count). The van der Waals surface area contributed by atoms with Crippen LogP contribution in [0.2, 0.25) is 0 Å². The molecule has 1 nitrogen and oxygen atoms in total. The minimum atomic E-state index is 0.847. The van der Waals surface area contributed by atoms with Crippen LogP contribution in [0.3, 0.4) is 0 Å². The second-order valence-corrected chi connectivity index (χ2v) is 1.18. The molecule has 0 spiro atoms. The summed E-state index contributed by atoms with van der Waals surface area (Å²) in [4.78, 5) is 0. The maximum Gasteiger partial charge on any atom is 0.208 e. The summed E-state index contributed by atoms with van der Waals surface area (Å²) in [5, 5.41) is 0. The number of allylic oxidation sites excluding steroid dienone is 1. The highest BCUT2D eigenvalue weighted by Crippen LogP contribution is 1.81. The van der Waals surface area contributed by atoms with Crippen molar-refractivity contribution < 1.29 is 4.42 Å². The monoisotopic (exact) mass is 98.1 g/mol. The van der Waals surface area contributed by atoms with Crippen LogP contribution in [-0.2, 0) is 4.42 Å². The molecule has 0 aromatic heterocycles. The molecule has 0 aliphatic carbocycles. The fourth-order valence-corrected chi connectivity index (χ4v) is 0.263. The van der Waals surface area contributed by atoms with E-state index in [1.54, 1.807) is 7.11 Å². The lowest BCUT2D eigenvalue weighted by molar-refractivity contribution is 0.181. The molecule has 0 saturated carbocycles. The van der Waals surface area contributed by atoms with Gasteiger partial charge in [-0.2, -0.15) is 0 Å². The smallest absolute Gasteiger partial charge is 0.208 e. The van der Waals surface area contributed by atoms with Gasteiger partial charge in [0.1, 0.15) is 0 Å². The molecule has 0 atom stereocenters. The second-order valence-electron chi connectivity index (χ2n) is 1.18. The molecule has 0 aliphatic rings. The van der Waals surface area contributed by atoms with Gasteiger partial charge in [0, 0.05) is 0 Å². The summed E-state index contributed by atoms with van der Waals surface area (Å²) >= 11 is 0. The van der Waals surface area contributed by atoms with Crippen LogP contribution < -0.4 is 0 Å². The van der Waals surface area contributed by atoms with Crippen molar-refractivity contribution in [3.8, 4) is 0 Å². The van der Waals surface area contributed by atoms with Crippen LogP contribution in [0.5, 0.6) is 0 Å². The van der Waals surface area contributed by atoms with Gasteiger partial charge in [-0.1, -0.05) is 18.9 Å². The molecule has 0 saturated heterocycles. The first-order chi connectivity index (χ1) is 3.41. The van der Waals surface area contributed by atoms with Gasteiger partial charge in [0.2, 0.25) is 7.11 Å². The van der Waals surface area contributed by atoms with Crippen LogP contribution in [0.25, 0.3) is 0 Å². The molecule has 40 valence electrons. The van der Waals surface area contributed by atoms with E-state index >= 15 is 0 Å².